The maximum atomic E-state index is 12.2. The molecule has 0 radical (unpaired) electrons. The first-order valence-corrected chi connectivity index (χ1v) is 11.2. The summed E-state index contributed by atoms with van der Waals surface area (Å²) in [7, 11) is 0. The minimum atomic E-state index is -0.742. The maximum absolute atomic E-state index is 12.2. The number of benzene rings is 3. The average Bonchev–Trinajstić information content (AvgIpc) is 3.05. The minimum absolute atomic E-state index is 0.162. The Morgan fingerprint density at radius 2 is 1.56 bits per heavy atom. The lowest BCUT2D eigenvalue weighted by Gasteiger charge is -2.27. The summed E-state index contributed by atoms with van der Waals surface area (Å²) in [5, 5.41) is 0. The summed E-state index contributed by atoms with van der Waals surface area (Å²) in [4.78, 5) is 26.1. The number of cyclic esters (lactones) is 2. The summed E-state index contributed by atoms with van der Waals surface area (Å²) in [6.45, 7) is 6.06. The fourth-order valence-corrected chi connectivity index (χ4v) is 4.54. The molecule has 3 aromatic rings. The van der Waals surface area contributed by atoms with Gasteiger partial charge in [-0.1, -0.05) is 49.4 Å². The first kappa shape index (κ1) is 21.8. The zero-order valence-electron chi connectivity index (χ0n) is 18.9. The predicted molar refractivity (Wildman–Crippen MR) is 127 cm³/mol. The van der Waals surface area contributed by atoms with E-state index in [0.29, 0.717) is 6.42 Å². The number of ether oxygens (including phenoxy) is 1. The molecule has 0 bridgehead atoms. The molecule has 164 valence electrons. The Morgan fingerprint density at radius 3 is 2.16 bits per heavy atom. The van der Waals surface area contributed by atoms with Crippen molar-refractivity contribution in [2.75, 3.05) is 4.90 Å². The standard InChI is InChI=1S/C28H29NO3/c1-4-21(18-28(3)19-26(30)32-27(28)31)22-13-15-24(16-14-22)29(23-10-6-5-7-11-23)25-12-8-9-20(2)17-25/h5-17,21H,4,18-19H2,1-3H3. The summed E-state index contributed by atoms with van der Waals surface area (Å²) in [5.74, 6) is -0.636. The Hall–Kier alpha value is -3.40. The topological polar surface area (TPSA) is 46.6 Å². The second-order valence-electron chi connectivity index (χ2n) is 8.91. The monoisotopic (exact) mass is 427 g/mol. The molecule has 0 saturated carbocycles. The van der Waals surface area contributed by atoms with Crippen LogP contribution in [-0.4, -0.2) is 11.9 Å². The van der Waals surface area contributed by atoms with Crippen LogP contribution in [0.5, 0.6) is 0 Å². The number of carbonyl (C=O) groups excluding carboxylic acids is 2. The third-order valence-corrected chi connectivity index (χ3v) is 6.32. The van der Waals surface area contributed by atoms with Crippen LogP contribution in [0.25, 0.3) is 0 Å². The Kier molecular flexibility index (Phi) is 6.13. The lowest BCUT2D eigenvalue weighted by Crippen LogP contribution is -2.25. The normalized spacial score (nSPS) is 19.0. The van der Waals surface area contributed by atoms with Crippen molar-refractivity contribution in [1.82, 2.24) is 0 Å². The lowest BCUT2D eigenvalue weighted by atomic mass is 9.76. The molecule has 0 spiro atoms. The molecule has 1 aliphatic rings. The van der Waals surface area contributed by atoms with Crippen molar-refractivity contribution < 1.29 is 14.3 Å². The van der Waals surface area contributed by atoms with Gasteiger partial charge < -0.3 is 9.64 Å². The van der Waals surface area contributed by atoms with Crippen LogP contribution in [0.3, 0.4) is 0 Å². The van der Waals surface area contributed by atoms with Gasteiger partial charge in [-0.15, -0.1) is 0 Å². The van der Waals surface area contributed by atoms with Crippen LogP contribution in [-0.2, 0) is 14.3 Å². The van der Waals surface area contributed by atoms with E-state index in [-0.39, 0.29) is 12.3 Å². The van der Waals surface area contributed by atoms with Crippen molar-refractivity contribution in [3.05, 3.63) is 90.0 Å². The summed E-state index contributed by atoms with van der Waals surface area (Å²) >= 11 is 0. The van der Waals surface area contributed by atoms with Crippen LogP contribution < -0.4 is 4.90 Å². The Morgan fingerprint density at radius 1 is 0.906 bits per heavy atom. The van der Waals surface area contributed by atoms with Crippen LogP contribution in [0.1, 0.15) is 50.2 Å². The van der Waals surface area contributed by atoms with E-state index < -0.39 is 17.4 Å². The highest BCUT2D eigenvalue weighted by atomic mass is 16.6. The number of aryl methyl sites for hydroxylation is 1. The van der Waals surface area contributed by atoms with Gasteiger partial charge in [-0.25, -0.2) is 0 Å². The first-order valence-electron chi connectivity index (χ1n) is 11.2. The zero-order valence-corrected chi connectivity index (χ0v) is 18.9. The molecule has 1 fully saturated rings. The van der Waals surface area contributed by atoms with Crippen LogP contribution in [0, 0.1) is 12.3 Å². The number of hydrogen-bond acceptors (Lipinski definition) is 4. The van der Waals surface area contributed by atoms with Crippen molar-refractivity contribution >= 4 is 29.0 Å². The molecule has 3 aromatic carbocycles. The summed E-state index contributed by atoms with van der Waals surface area (Å²) < 4.78 is 4.83. The van der Waals surface area contributed by atoms with Gasteiger partial charge in [-0.2, -0.15) is 0 Å². The fraction of sp³-hybridized carbons (Fsp3) is 0.286. The van der Waals surface area contributed by atoms with Crippen LogP contribution in [0.15, 0.2) is 78.9 Å². The highest BCUT2D eigenvalue weighted by Crippen LogP contribution is 2.42. The third kappa shape index (κ3) is 4.45. The van der Waals surface area contributed by atoms with E-state index in [1.54, 1.807) is 0 Å². The van der Waals surface area contributed by atoms with Crippen molar-refractivity contribution in [2.45, 2.75) is 46.0 Å². The van der Waals surface area contributed by atoms with Crippen LogP contribution in [0.4, 0.5) is 17.1 Å². The quantitative estimate of drug-likeness (QED) is 0.306. The summed E-state index contributed by atoms with van der Waals surface area (Å²) in [5.41, 5.74) is 4.91. The second-order valence-corrected chi connectivity index (χ2v) is 8.91. The van der Waals surface area contributed by atoms with Gasteiger partial charge in [0.05, 0.1) is 11.8 Å². The molecule has 0 amide bonds. The number of anilines is 3. The van der Waals surface area contributed by atoms with Gasteiger partial charge in [-0.05, 0) is 80.1 Å². The van der Waals surface area contributed by atoms with E-state index in [2.05, 4.69) is 79.4 Å². The molecule has 1 heterocycles. The van der Waals surface area contributed by atoms with Crippen molar-refractivity contribution in [3.63, 3.8) is 0 Å². The number of nitrogens with zero attached hydrogens (tertiary/aromatic N) is 1. The lowest BCUT2D eigenvalue weighted by molar-refractivity contribution is -0.155. The first-order chi connectivity index (χ1) is 15.4. The SMILES string of the molecule is CCC(CC1(C)CC(=O)OC1=O)c1ccc(N(c2ccccc2)c2cccc(C)c2)cc1. The Balaban J connectivity index is 1.64. The molecule has 1 aliphatic heterocycles. The zero-order chi connectivity index (χ0) is 22.7. The molecule has 4 rings (SSSR count). The van der Waals surface area contributed by atoms with Crippen LogP contribution >= 0.6 is 0 Å². The number of carbonyl (C=O) groups is 2. The van der Waals surface area contributed by atoms with Crippen molar-refractivity contribution in [2.24, 2.45) is 5.41 Å². The molecule has 1 saturated heterocycles. The molecule has 4 heteroatoms. The number of rotatable bonds is 7. The molecule has 32 heavy (non-hydrogen) atoms. The van der Waals surface area contributed by atoms with E-state index in [1.165, 1.54) is 11.1 Å². The number of hydrogen-bond donors (Lipinski definition) is 0. The third-order valence-electron chi connectivity index (χ3n) is 6.32. The molecule has 4 nitrogen and oxygen atoms in total. The van der Waals surface area contributed by atoms with E-state index in [1.807, 2.05) is 25.1 Å². The van der Waals surface area contributed by atoms with E-state index in [4.69, 9.17) is 4.74 Å². The maximum Gasteiger partial charge on any atom is 0.320 e. The highest BCUT2D eigenvalue weighted by Gasteiger charge is 2.46. The van der Waals surface area contributed by atoms with Gasteiger partial charge in [0.1, 0.15) is 0 Å². The molecular weight excluding hydrogens is 398 g/mol. The summed E-state index contributed by atoms with van der Waals surface area (Å²) in [6, 6.07) is 27.3. The van der Waals surface area contributed by atoms with Gasteiger partial charge in [-0.3, -0.25) is 9.59 Å². The molecule has 2 atom stereocenters. The Bertz CT molecular complexity index is 1110. The number of esters is 2. The fourth-order valence-electron chi connectivity index (χ4n) is 4.54. The van der Waals surface area contributed by atoms with E-state index in [9.17, 15) is 9.59 Å². The summed E-state index contributed by atoms with van der Waals surface area (Å²) in [6.07, 6.45) is 1.65. The second kappa shape index (κ2) is 8.99. The van der Waals surface area contributed by atoms with E-state index in [0.717, 1.165) is 23.5 Å². The van der Waals surface area contributed by atoms with Crippen LogP contribution in [0.2, 0.25) is 0 Å². The smallest absolute Gasteiger partial charge is 0.320 e. The van der Waals surface area contributed by atoms with Gasteiger partial charge in [0.25, 0.3) is 0 Å². The average molecular weight is 428 g/mol. The van der Waals surface area contributed by atoms with Gasteiger partial charge in [0.15, 0.2) is 0 Å². The minimum Gasteiger partial charge on any atom is -0.393 e. The molecular formula is C28H29NO3. The van der Waals surface area contributed by atoms with Crippen molar-refractivity contribution in [1.29, 1.82) is 0 Å². The molecule has 0 aliphatic carbocycles. The largest absolute Gasteiger partial charge is 0.393 e. The Labute approximate surface area is 189 Å². The molecule has 0 N–H and O–H groups in total. The van der Waals surface area contributed by atoms with Gasteiger partial charge in [0.2, 0.25) is 0 Å². The van der Waals surface area contributed by atoms with Crippen molar-refractivity contribution in [3.8, 4) is 0 Å². The predicted octanol–water partition coefficient (Wildman–Crippen LogP) is 6.83. The van der Waals surface area contributed by atoms with E-state index >= 15 is 0 Å². The molecule has 0 aromatic heterocycles. The van der Waals surface area contributed by atoms with Gasteiger partial charge >= 0.3 is 11.9 Å². The highest BCUT2D eigenvalue weighted by molar-refractivity contribution is 5.97. The van der Waals surface area contributed by atoms with Gasteiger partial charge in [0, 0.05) is 17.1 Å². The number of para-hydroxylation sites is 1. The molecule has 2 unspecified atom stereocenters.